The standard InChI is InChI=1S/C20H37FN2/c1-19(2,3)17-8-7-14(9-18(17)21)11-22-12-16-10-15(22)13-23(16)20(4,5)6/h14-18H,7-13H2,1-6H3/t14?,15-,16-,17?,18?/m0/s1. The van der Waals surface area contributed by atoms with Crippen molar-refractivity contribution in [1.29, 1.82) is 0 Å². The lowest BCUT2D eigenvalue weighted by atomic mass is 9.68. The zero-order valence-corrected chi connectivity index (χ0v) is 16.1. The van der Waals surface area contributed by atoms with Gasteiger partial charge in [-0.15, -0.1) is 0 Å². The van der Waals surface area contributed by atoms with Gasteiger partial charge in [0, 0.05) is 37.3 Å². The van der Waals surface area contributed by atoms with E-state index in [0.29, 0.717) is 11.5 Å². The van der Waals surface area contributed by atoms with Crippen LogP contribution in [0.1, 0.15) is 67.2 Å². The molecule has 0 amide bonds. The van der Waals surface area contributed by atoms with E-state index in [1.165, 1.54) is 25.9 Å². The highest BCUT2D eigenvalue weighted by atomic mass is 19.1. The first-order valence-corrected chi connectivity index (χ1v) is 9.70. The van der Waals surface area contributed by atoms with Crippen LogP contribution in [0.5, 0.6) is 0 Å². The van der Waals surface area contributed by atoms with Gasteiger partial charge in [0.1, 0.15) is 6.17 Å². The highest BCUT2D eigenvalue weighted by Gasteiger charge is 2.47. The minimum atomic E-state index is -0.598. The third kappa shape index (κ3) is 3.61. The molecule has 3 rings (SSSR count). The van der Waals surface area contributed by atoms with Gasteiger partial charge in [-0.3, -0.25) is 9.80 Å². The second kappa shape index (κ2) is 5.98. The Labute approximate surface area is 142 Å². The Kier molecular flexibility index (Phi) is 4.59. The molecule has 0 spiro atoms. The summed E-state index contributed by atoms with van der Waals surface area (Å²) in [6, 6.07) is 1.45. The molecular formula is C20H37FN2. The zero-order valence-electron chi connectivity index (χ0n) is 16.1. The summed E-state index contributed by atoms with van der Waals surface area (Å²) in [4.78, 5) is 5.37. The van der Waals surface area contributed by atoms with Crippen LogP contribution in [0.15, 0.2) is 0 Å². The van der Waals surface area contributed by atoms with Gasteiger partial charge in [-0.25, -0.2) is 4.39 Å². The van der Waals surface area contributed by atoms with E-state index in [9.17, 15) is 4.39 Å². The van der Waals surface area contributed by atoms with Crippen molar-refractivity contribution >= 4 is 0 Å². The van der Waals surface area contributed by atoms with Crippen molar-refractivity contribution in [3.63, 3.8) is 0 Å². The molecule has 2 nitrogen and oxygen atoms in total. The number of halogens is 1. The van der Waals surface area contributed by atoms with Gasteiger partial charge in [0.2, 0.25) is 0 Å². The smallest absolute Gasteiger partial charge is 0.104 e. The monoisotopic (exact) mass is 324 g/mol. The molecule has 2 bridgehead atoms. The summed E-state index contributed by atoms with van der Waals surface area (Å²) >= 11 is 0. The van der Waals surface area contributed by atoms with Crippen molar-refractivity contribution in [1.82, 2.24) is 9.80 Å². The molecule has 0 aromatic carbocycles. The van der Waals surface area contributed by atoms with E-state index in [4.69, 9.17) is 0 Å². The lowest BCUT2D eigenvalue weighted by Crippen LogP contribution is -2.54. The molecule has 0 aromatic rings. The van der Waals surface area contributed by atoms with Gasteiger partial charge in [0.15, 0.2) is 0 Å². The second-order valence-electron chi connectivity index (χ2n) is 10.5. The van der Waals surface area contributed by atoms with Crippen LogP contribution in [-0.2, 0) is 0 Å². The Morgan fingerprint density at radius 3 is 2.09 bits per heavy atom. The van der Waals surface area contributed by atoms with Gasteiger partial charge in [0.05, 0.1) is 0 Å². The Morgan fingerprint density at radius 2 is 1.61 bits per heavy atom. The Morgan fingerprint density at radius 1 is 0.913 bits per heavy atom. The molecule has 0 aromatic heterocycles. The van der Waals surface area contributed by atoms with Gasteiger partial charge >= 0.3 is 0 Å². The molecule has 134 valence electrons. The lowest BCUT2D eigenvalue weighted by molar-refractivity contribution is 0.0193. The molecular weight excluding hydrogens is 287 g/mol. The summed E-state index contributed by atoms with van der Waals surface area (Å²) in [5.41, 5.74) is 0.407. The molecule has 3 aliphatic rings. The van der Waals surface area contributed by atoms with Crippen LogP contribution in [0, 0.1) is 17.3 Å². The first-order chi connectivity index (χ1) is 10.6. The van der Waals surface area contributed by atoms with E-state index in [2.05, 4.69) is 51.3 Å². The van der Waals surface area contributed by atoms with E-state index in [-0.39, 0.29) is 11.3 Å². The highest BCUT2D eigenvalue weighted by molar-refractivity contribution is 5.03. The fourth-order valence-corrected chi connectivity index (χ4v) is 5.46. The maximum Gasteiger partial charge on any atom is 0.104 e. The fourth-order valence-electron chi connectivity index (χ4n) is 5.46. The minimum Gasteiger partial charge on any atom is -0.297 e. The van der Waals surface area contributed by atoms with Gasteiger partial charge in [-0.2, -0.15) is 0 Å². The normalized spacial score (nSPS) is 40.0. The topological polar surface area (TPSA) is 6.48 Å². The number of hydrogen-bond donors (Lipinski definition) is 0. The van der Waals surface area contributed by atoms with Crippen LogP contribution in [0.4, 0.5) is 4.39 Å². The molecule has 1 aliphatic carbocycles. The summed E-state index contributed by atoms with van der Waals surface area (Å²) < 4.78 is 14.6. The minimum absolute atomic E-state index is 0.115. The van der Waals surface area contributed by atoms with Gasteiger partial charge in [0.25, 0.3) is 0 Å². The van der Waals surface area contributed by atoms with Crippen LogP contribution in [0.25, 0.3) is 0 Å². The van der Waals surface area contributed by atoms with Gasteiger partial charge in [-0.1, -0.05) is 20.8 Å². The van der Waals surface area contributed by atoms with Crippen LogP contribution in [-0.4, -0.2) is 53.2 Å². The Balaban J connectivity index is 1.52. The van der Waals surface area contributed by atoms with Crippen molar-refractivity contribution in [3.05, 3.63) is 0 Å². The number of nitrogens with zero attached hydrogens (tertiary/aromatic N) is 2. The van der Waals surface area contributed by atoms with Gasteiger partial charge in [-0.05, 0) is 63.7 Å². The molecule has 3 heteroatoms. The van der Waals surface area contributed by atoms with E-state index in [1.54, 1.807) is 0 Å². The Bertz CT molecular complexity index is 422. The molecule has 2 saturated heterocycles. The van der Waals surface area contributed by atoms with Gasteiger partial charge < -0.3 is 0 Å². The van der Waals surface area contributed by atoms with Crippen molar-refractivity contribution in [2.24, 2.45) is 17.3 Å². The summed E-state index contributed by atoms with van der Waals surface area (Å²) in [5, 5.41) is 0. The summed E-state index contributed by atoms with van der Waals surface area (Å²) in [5.74, 6) is 0.830. The molecule has 3 fully saturated rings. The number of alkyl halides is 1. The molecule has 23 heavy (non-hydrogen) atoms. The number of fused-ring (bicyclic) bond motifs is 2. The zero-order chi connectivity index (χ0) is 17.0. The van der Waals surface area contributed by atoms with Crippen LogP contribution in [0.2, 0.25) is 0 Å². The molecule has 5 atom stereocenters. The molecule has 2 aliphatic heterocycles. The van der Waals surface area contributed by atoms with Crippen LogP contribution < -0.4 is 0 Å². The molecule has 1 saturated carbocycles. The van der Waals surface area contributed by atoms with E-state index >= 15 is 0 Å². The van der Waals surface area contributed by atoms with Crippen molar-refractivity contribution in [2.75, 3.05) is 19.6 Å². The molecule has 0 radical (unpaired) electrons. The quantitative estimate of drug-likeness (QED) is 0.745. The summed E-state index contributed by atoms with van der Waals surface area (Å²) in [6.07, 6.45) is 3.82. The van der Waals surface area contributed by atoms with Crippen molar-refractivity contribution in [3.8, 4) is 0 Å². The predicted molar refractivity (Wildman–Crippen MR) is 95.4 cm³/mol. The van der Waals surface area contributed by atoms with E-state index < -0.39 is 6.17 Å². The summed E-state index contributed by atoms with van der Waals surface area (Å²) in [6.45, 7) is 17.2. The molecule has 0 N–H and O–H groups in total. The second-order valence-corrected chi connectivity index (χ2v) is 10.5. The number of piperazine rings is 1. The van der Waals surface area contributed by atoms with Crippen molar-refractivity contribution < 1.29 is 4.39 Å². The summed E-state index contributed by atoms with van der Waals surface area (Å²) in [7, 11) is 0. The number of rotatable bonds is 2. The maximum atomic E-state index is 14.6. The fraction of sp³-hybridized carbons (Fsp3) is 1.00. The Hall–Kier alpha value is -0.150. The SMILES string of the molecule is CC(C)(C)C1CCC(CN2C[C@@H]3C[C@H]2CN3C(C)(C)C)CC1F. The third-order valence-corrected chi connectivity index (χ3v) is 6.70. The van der Waals surface area contributed by atoms with E-state index in [0.717, 1.165) is 31.5 Å². The first-order valence-electron chi connectivity index (χ1n) is 9.70. The average molecular weight is 325 g/mol. The highest BCUT2D eigenvalue weighted by Crippen LogP contribution is 2.43. The van der Waals surface area contributed by atoms with Crippen molar-refractivity contribution in [2.45, 2.75) is 91.0 Å². The maximum absolute atomic E-state index is 14.6. The average Bonchev–Trinajstić information content (AvgIpc) is 2.96. The molecule has 2 heterocycles. The van der Waals surface area contributed by atoms with Crippen LogP contribution >= 0.6 is 0 Å². The third-order valence-electron chi connectivity index (χ3n) is 6.70. The lowest BCUT2D eigenvalue weighted by Gasteiger charge is -2.44. The largest absolute Gasteiger partial charge is 0.297 e. The predicted octanol–water partition coefficient (Wildman–Crippen LogP) is 4.34. The molecule has 3 unspecified atom stereocenters. The van der Waals surface area contributed by atoms with E-state index in [1.807, 2.05) is 0 Å². The number of likely N-dealkylation sites (tertiary alicyclic amines) is 2. The number of hydrogen-bond acceptors (Lipinski definition) is 2. The van der Waals surface area contributed by atoms with Crippen LogP contribution in [0.3, 0.4) is 0 Å². The first kappa shape index (κ1) is 17.7.